The Morgan fingerprint density at radius 2 is 1.75 bits per heavy atom. The number of carboxylic acid groups (broad SMARTS) is 1. The van der Waals surface area contributed by atoms with E-state index in [0.717, 1.165) is 0 Å². The second-order valence-electron chi connectivity index (χ2n) is 3.73. The zero-order valence-corrected chi connectivity index (χ0v) is 8.22. The fourth-order valence-corrected chi connectivity index (χ4v) is 1.64. The normalized spacial score (nSPS) is 44.3. The standard InChI is InChI=1S/C8H14O8/c9-2-8(1-3(10)11)6(14)4(12)5(13)7(15)16-8/h4-7,9,12-15H,1-2H2,(H,10,11)/t4-,5-,6+,7?,8-/m1/s1. The van der Waals surface area contributed by atoms with Gasteiger partial charge in [0, 0.05) is 0 Å². The third-order valence-electron chi connectivity index (χ3n) is 2.58. The van der Waals surface area contributed by atoms with Gasteiger partial charge in [0.2, 0.25) is 0 Å². The summed E-state index contributed by atoms with van der Waals surface area (Å²) in [6.45, 7) is -0.915. The van der Waals surface area contributed by atoms with E-state index in [2.05, 4.69) is 0 Å². The summed E-state index contributed by atoms with van der Waals surface area (Å²) in [6, 6.07) is 0. The molecule has 1 heterocycles. The highest BCUT2D eigenvalue weighted by Gasteiger charge is 2.53. The molecule has 1 fully saturated rings. The summed E-state index contributed by atoms with van der Waals surface area (Å²) in [5.41, 5.74) is -2.02. The molecule has 5 atom stereocenters. The van der Waals surface area contributed by atoms with Crippen molar-refractivity contribution < 1.29 is 40.2 Å². The summed E-state index contributed by atoms with van der Waals surface area (Å²) in [4.78, 5) is 10.5. The summed E-state index contributed by atoms with van der Waals surface area (Å²) in [6.07, 6.45) is -8.05. The Kier molecular flexibility index (Phi) is 3.84. The number of ether oxygens (including phenoxy) is 1. The molecule has 0 aliphatic carbocycles. The number of rotatable bonds is 3. The summed E-state index contributed by atoms with van der Waals surface area (Å²) in [5.74, 6) is -1.39. The van der Waals surface area contributed by atoms with Crippen molar-refractivity contribution in [2.75, 3.05) is 6.61 Å². The monoisotopic (exact) mass is 238 g/mol. The summed E-state index contributed by atoms with van der Waals surface area (Å²) in [5, 5.41) is 54.9. The first-order valence-electron chi connectivity index (χ1n) is 4.57. The molecule has 0 saturated carbocycles. The van der Waals surface area contributed by atoms with Crippen molar-refractivity contribution in [3.63, 3.8) is 0 Å². The largest absolute Gasteiger partial charge is 0.481 e. The van der Waals surface area contributed by atoms with Gasteiger partial charge in [0.25, 0.3) is 0 Å². The molecule has 0 spiro atoms. The quantitative estimate of drug-likeness (QED) is 0.298. The molecule has 6 N–H and O–H groups in total. The lowest BCUT2D eigenvalue weighted by Gasteiger charge is -2.45. The molecule has 1 aliphatic rings. The molecule has 1 unspecified atom stereocenters. The first-order chi connectivity index (χ1) is 7.34. The third-order valence-corrected chi connectivity index (χ3v) is 2.58. The smallest absolute Gasteiger partial charge is 0.306 e. The van der Waals surface area contributed by atoms with Crippen LogP contribution < -0.4 is 0 Å². The number of aliphatic hydroxyl groups is 5. The molecule has 0 aromatic rings. The fraction of sp³-hybridized carbons (Fsp3) is 0.875. The van der Waals surface area contributed by atoms with E-state index in [1.54, 1.807) is 0 Å². The van der Waals surface area contributed by atoms with Crippen molar-refractivity contribution >= 4 is 5.97 Å². The van der Waals surface area contributed by atoms with Gasteiger partial charge in [0.05, 0.1) is 13.0 Å². The molecule has 94 valence electrons. The van der Waals surface area contributed by atoms with Crippen LogP contribution in [0.25, 0.3) is 0 Å². The molecular weight excluding hydrogens is 224 g/mol. The fourth-order valence-electron chi connectivity index (χ4n) is 1.64. The van der Waals surface area contributed by atoms with Crippen LogP contribution in [-0.4, -0.2) is 73.4 Å². The lowest BCUT2D eigenvalue weighted by molar-refractivity contribution is -0.327. The maximum absolute atomic E-state index is 10.5. The molecule has 16 heavy (non-hydrogen) atoms. The Morgan fingerprint density at radius 1 is 1.19 bits per heavy atom. The van der Waals surface area contributed by atoms with E-state index in [1.165, 1.54) is 0 Å². The summed E-state index contributed by atoms with van der Waals surface area (Å²) in [7, 11) is 0. The number of aliphatic carboxylic acids is 1. The van der Waals surface area contributed by atoms with Crippen LogP contribution in [-0.2, 0) is 9.53 Å². The molecular formula is C8H14O8. The Balaban J connectivity index is 2.95. The minimum atomic E-state index is -2.02. The lowest BCUT2D eigenvalue weighted by atomic mass is 9.85. The van der Waals surface area contributed by atoms with Gasteiger partial charge in [0.15, 0.2) is 6.29 Å². The van der Waals surface area contributed by atoms with Crippen LogP contribution in [0, 0.1) is 0 Å². The molecule has 8 nitrogen and oxygen atoms in total. The van der Waals surface area contributed by atoms with E-state index < -0.39 is 49.2 Å². The maximum Gasteiger partial charge on any atom is 0.306 e. The first-order valence-corrected chi connectivity index (χ1v) is 4.57. The van der Waals surface area contributed by atoms with Gasteiger partial charge >= 0.3 is 5.97 Å². The average Bonchev–Trinajstić information content (AvgIpc) is 2.22. The van der Waals surface area contributed by atoms with Crippen LogP contribution in [0.1, 0.15) is 6.42 Å². The minimum Gasteiger partial charge on any atom is -0.481 e. The topological polar surface area (TPSA) is 148 Å². The van der Waals surface area contributed by atoms with Crippen molar-refractivity contribution in [3.05, 3.63) is 0 Å². The highest BCUT2D eigenvalue weighted by molar-refractivity contribution is 5.68. The van der Waals surface area contributed by atoms with Crippen LogP contribution in [0.5, 0.6) is 0 Å². The number of hydrogen-bond acceptors (Lipinski definition) is 7. The molecule has 0 amide bonds. The van der Waals surface area contributed by atoms with E-state index in [0.29, 0.717) is 0 Å². The Morgan fingerprint density at radius 3 is 2.19 bits per heavy atom. The highest BCUT2D eigenvalue weighted by atomic mass is 16.7. The van der Waals surface area contributed by atoms with Crippen molar-refractivity contribution in [3.8, 4) is 0 Å². The molecule has 1 rings (SSSR count). The van der Waals surface area contributed by atoms with Crippen LogP contribution >= 0.6 is 0 Å². The van der Waals surface area contributed by atoms with Gasteiger partial charge < -0.3 is 35.4 Å². The highest BCUT2D eigenvalue weighted by Crippen LogP contribution is 2.31. The van der Waals surface area contributed by atoms with E-state index >= 15 is 0 Å². The third kappa shape index (κ3) is 2.17. The van der Waals surface area contributed by atoms with Gasteiger partial charge in [-0.2, -0.15) is 0 Å². The average molecular weight is 238 g/mol. The summed E-state index contributed by atoms with van der Waals surface area (Å²) >= 11 is 0. The maximum atomic E-state index is 10.5. The molecule has 0 radical (unpaired) electrons. The number of carbonyl (C=O) groups is 1. The van der Waals surface area contributed by atoms with Gasteiger partial charge in [-0.1, -0.05) is 0 Å². The predicted octanol–water partition coefficient (Wildman–Crippen LogP) is -3.38. The Bertz CT molecular complexity index is 269. The molecule has 0 aromatic carbocycles. The second kappa shape index (κ2) is 4.62. The van der Waals surface area contributed by atoms with E-state index in [-0.39, 0.29) is 0 Å². The lowest BCUT2D eigenvalue weighted by Crippen LogP contribution is -2.66. The van der Waals surface area contributed by atoms with E-state index in [1.807, 2.05) is 0 Å². The van der Waals surface area contributed by atoms with Gasteiger partial charge in [-0.25, -0.2) is 0 Å². The van der Waals surface area contributed by atoms with Crippen molar-refractivity contribution in [2.24, 2.45) is 0 Å². The second-order valence-corrected chi connectivity index (χ2v) is 3.73. The van der Waals surface area contributed by atoms with Crippen molar-refractivity contribution in [2.45, 2.75) is 36.6 Å². The van der Waals surface area contributed by atoms with Gasteiger partial charge in [0.1, 0.15) is 23.9 Å². The molecule has 1 aliphatic heterocycles. The Hall–Kier alpha value is -0.770. The number of hydrogen-bond donors (Lipinski definition) is 6. The van der Waals surface area contributed by atoms with Crippen LogP contribution in [0.3, 0.4) is 0 Å². The minimum absolute atomic E-state index is 0.814. The van der Waals surface area contributed by atoms with Crippen molar-refractivity contribution in [1.29, 1.82) is 0 Å². The SMILES string of the molecule is O=C(O)C[C@]1(CO)OC(O)[C@H](O)[C@@H](O)[C@@H]1O. The number of carboxylic acids is 1. The van der Waals surface area contributed by atoms with Gasteiger partial charge in [-0.3, -0.25) is 4.79 Å². The van der Waals surface area contributed by atoms with Crippen LogP contribution in [0.2, 0.25) is 0 Å². The zero-order chi connectivity index (χ0) is 12.5. The van der Waals surface area contributed by atoms with Gasteiger partial charge in [-0.15, -0.1) is 0 Å². The molecule has 1 saturated heterocycles. The van der Waals surface area contributed by atoms with E-state index in [4.69, 9.17) is 20.1 Å². The van der Waals surface area contributed by atoms with E-state index in [9.17, 15) is 20.1 Å². The molecule has 0 aromatic heterocycles. The van der Waals surface area contributed by atoms with Crippen LogP contribution in [0.4, 0.5) is 0 Å². The zero-order valence-electron chi connectivity index (χ0n) is 8.22. The summed E-state index contributed by atoms with van der Waals surface area (Å²) < 4.78 is 4.69. The number of aliphatic hydroxyl groups excluding tert-OH is 5. The van der Waals surface area contributed by atoms with Crippen molar-refractivity contribution in [1.82, 2.24) is 0 Å². The first kappa shape index (κ1) is 13.3. The predicted molar refractivity (Wildman–Crippen MR) is 47.2 cm³/mol. The Labute approximate surface area is 90.3 Å². The van der Waals surface area contributed by atoms with Gasteiger partial charge in [-0.05, 0) is 0 Å². The molecule has 8 heteroatoms. The van der Waals surface area contributed by atoms with Crippen LogP contribution in [0.15, 0.2) is 0 Å². The molecule has 0 bridgehead atoms.